The topological polar surface area (TPSA) is 36.7 Å². The number of anilines is 1. The summed E-state index contributed by atoms with van der Waals surface area (Å²) in [5, 5.41) is 2.19. The molecule has 1 heterocycles. The van der Waals surface area contributed by atoms with E-state index < -0.39 is 0 Å². The Kier molecular flexibility index (Phi) is 5.34. The van der Waals surface area contributed by atoms with Crippen LogP contribution >= 0.6 is 0 Å². The Morgan fingerprint density at radius 2 is 1.59 bits per heavy atom. The molecule has 0 aliphatic carbocycles. The van der Waals surface area contributed by atoms with Gasteiger partial charge in [0.2, 0.25) is 0 Å². The van der Waals surface area contributed by atoms with Crippen molar-refractivity contribution in [1.82, 2.24) is 4.90 Å². The molecular formula is C25H24N2O2. The normalized spacial score (nSPS) is 10.8. The third kappa shape index (κ3) is 4.32. The zero-order valence-corrected chi connectivity index (χ0v) is 16.7. The summed E-state index contributed by atoms with van der Waals surface area (Å²) in [6.45, 7) is 0.939. The van der Waals surface area contributed by atoms with Gasteiger partial charge in [-0.25, -0.2) is 0 Å². The molecule has 1 amide bonds. The zero-order chi connectivity index (χ0) is 20.2. The van der Waals surface area contributed by atoms with E-state index in [1.807, 2.05) is 67.5 Å². The monoisotopic (exact) mass is 384 g/mol. The second kappa shape index (κ2) is 8.23. The van der Waals surface area contributed by atoms with Crippen molar-refractivity contribution in [2.45, 2.75) is 13.1 Å². The van der Waals surface area contributed by atoms with Gasteiger partial charge in [0.25, 0.3) is 5.91 Å². The molecule has 0 N–H and O–H groups in total. The van der Waals surface area contributed by atoms with Crippen LogP contribution in [0.3, 0.4) is 0 Å². The van der Waals surface area contributed by atoms with Gasteiger partial charge >= 0.3 is 0 Å². The Hall–Kier alpha value is -3.53. The highest BCUT2D eigenvalue weighted by Gasteiger charge is 2.18. The molecule has 0 atom stereocenters. The molecule has 0 fully saturated rings. The smallest absolute Gasteiger partial charge is 0.254 e. The van der Waals surface area contributed by atoms with Gasteiger partial charge in [-0.3, -0.25) is 4.79 Å². The largest absolute Gasteiger partial charge is 0.467 e. The predicted octanol–water partition coefficient (Wildman–Crippen LogP) is 5.34. The highest BCUT2D eigenvalue weighted by molar-refractivity contribution is 5.98. The quantitative estimate of drug-likeness (QED) is 0.450. The lowest BCUT2D eigenvalue weighted by molar-refractivity contribution is 0.0718. The number of benzene rings is 3. The van der Waals surface area contributed by atoms with Crippen LogP contribution in [0.15, 0.2) is 89.5 Å². The Labute approximate surface area is 171 Å². The van der Waals surface area contributed by atoms with Crippen molar-refractivity contribution in [2.75, 3.05) is 19.0 Å². The number of nitrogens with zero attached hydrogens (tertiary/aromatic N) is 2. The molecule has 4 rings (SSSR count). The molecule has 0 aliphatic rings. The van der Waals surface area contributed by atoms with E-state index in [1.54, 1.807) is 6.26 Å². The molecule has 0 saturated carbocycles. The number of furan rings is 1. The van der Waals surface area contributed by atoms with Crippen molar-refractivity contribution in [2.24, 2.45) is 0 Å². The number of rotatable bonds is 6. The second-order valence-electron chi connectivity index (χ2n) is 7.36. The molecule has 1 aromatic heterocycles. The first-order valence-corrected chi connectivity index (χ1v) is 9.67. The first-order chi connectivity index (χ1) is 14.1. The van der Waals surface area contributed by atoms with Crippen molar-refractivity contribution < 1.29 is 9.21 Å². The third-order valence-corrected chi connectivity index (χ3v) is 5.04. The van der Waals surface area contributed by atoms with Gasteiger partial charge in [0.15, 0.2) is 0 Å². The van der Waals surface area contributed by atoms with Crippen LogP contribution in [-0.4, -0.2) is 24.9 Å². The van der Waals surface area contributed by atoms with Gasteiger partial charge in [0.05, 0.1) is 12.8 Å². The van der Waals surface area contributed by atoms with Gasteiger partial charge in [0, 0.05) is 31.9 Å². The van der Waals surface area contributed by atoms with Gasteiger partial charge in [-0.15, -0.1) is 0 Å². The van der Waals surface area contributed by atoms with Crippen LogP contribution in [0.5, 0.6) is 0 Å². The van der Waals surface area contributed by atoms with Gasteiger partial charge in [0.1, 0.15) is 5.76 Å². The predicted molar refractivity (Wildman–Crippen MR) is 117 cm³/mol. The van der Waals surface area contributed by atoms with Crippen molar-refractivity contribution in [3.05, 3.63) is 102 Å². The molecule has 146 valence electrons. The highest BCUT2D eigenvalue weighted by atomic mass is 16.3. The molecule has 4 heteroatoms. The lowest BCUT2D eigenvalue weighted by Gasteiger charge is -2.23. The van der Waals surface area contributed by atoms with Crippen LogP contribution in [0.1, 0.15) is 21.7 Å². The first-order valence-electron chi connectivity index (χ1n) is 9.67. The molecule has 0 saturated heterocycles. The van der Waals surface area contributed by atoms with Gasteiger partial charge in [-0.05, 0) is 52.7 Å². The van der Waals surface area contributed by atoms with E-state index in [4.69, 9.17) is 4.42 Å². The van der Waals surface area contributed by atoms with E-state index in [1.165, 1.54) is 0 Å². The van der Waals surface area contributed by atoms with Crippen LogP contribution < -0.4 is 4.90 Å². The van der Waals surface area contributed by atoms with E-state index in [2.05, 4.69) is 35.2 Å². The van der Waals surface area contributed by atoms with Crippen molar-refractivity contribution in [1.29, 1.82) is 0 Å². The lowest BCUT2D eigenvalue weighted by Crippen LogP contribution is -2.30. The van der Waals surface area contributed by atoms with E-state index >= 15 is 0 Å². The van der Waals surface area contributed by atoms with Crippen LogP contribution in [0.2, 0.25) is 0 Å². The fraction of sp³-hybridized carbons (Fsp3) is 0.160. The fourth-order valence-electron chi connectivity index (χ4n) is 3.41. The average molecular weight is 384 g/mol. The van der Waals surface area contributed by atoms with Gasteiger partial charge in [-0.1, -0.05) is 42.5 Å². The van der Waals surface area contributed by atoms with Crippen LogP contribution in [-0.2, 0) is 13.1 Å². The molecule has 0 spiro atoms. The first kappa shape index (κ1) is 18.8. The second-order valence-corrected chi connectivity index (χ2v) is 7.36. The minimum absolute atomic E-state index is 0.0103. The molecule has 0 aliphatic heterocycles. The summed E-state index contributed by atoms with van der Waals surface area (Å²) < 4.78 is 5.51. The van der Waals surface area contributed by atoms with E-state index in [9.17, 15) is 4.79 Å². The average Bonchev–Trinajstić information content (AvgIpc) is 3.26. The summed E-state index contributed by atoms with van der Waals surface area (Å²) in [4.78, 5) is 17.3. The minimum Gasteiger partial charge on any atom is -0.467 e. The number of carbonyl (C=O) groups is 1. The summed E-state index contributed by atoms with van der Waals surface area (Å²) in [6, 6.07) is 26.0. The lowest BCUT2D eigenvalue weighted by atomic mass is 10.1. The molecule has 3 aromatic carbocycles. The summed E-state index contributed by atoms with van der Waals surface area (Å²) in [7, 11) is 4.03. The van der Waals surface area contributed by atoms with Crippen molar-refractivity contribution in [3.8, 4) is 0 Å². The Morgan fingerprint density at radius 1 is 0.828 bits per heavy atom. The van der Waals surface area contributed by atoms with Gasteiger partial charge in [-0.2, -0.15) is 0 Å². The van der Waals surface area contributed by atoms with Crippen molar-refractivity contribution >= 4 is 22.4 Å². The van der Waals surface area contributed by atoms with E-state index in [0.29, 0.717) is 18.7 Å². The van der Waals surface area contributed by atoms with E-state index in [0.717, 1.165) is 27.8 Å². The summed E-state index contributed by atoms with van der Waals surface area (Å²) >= 11 is 0. The molecule has 4 nitrogen and oxygen atoms in total. The molecular weight excluding hydrogens is 360 g/mol. The zero-order valence-electron chi connectivity index (χ0n) is 16.7. The van der Waals surface area contributed by atoms with Gasteiger partial charge < -0.3 is 14.2 Å². The van der Waals surface area contributed by atoms with Crippen molar-refractivity contribution in [3.63, 3.8) is 0 Å². The Balaban J connectivity index is 1.62. The van der Waals surface area contributed by atoms with E-state index in [-0.39, 0.29) is 5.91 Å². The number of amides is 1. The summed E-state index contributed by atoms with van der Waals surface area (Å²) in [6.07, 6.45) is 1.64. The fourth-order valence-corrected chi connectivity index (χ4v) is 3.41. The molecule has 0 radical (unpaired) electrons. The standard InChI is InChI=1S/C25H24N2O2/c1-26(2)23-13-9-19(10-14-23)17-27(18-24-8-5-15-29-24)25(28)22-12-11-20-6-3-4-7-21(20)16-22/h3-16H,17-18H2,1-2H3. The molecule has 4 aromatic rings. The number of hydrogen-bond acceptors (Lipinski definition) is 3. The number of carbonyl (C=O) groups excluding carboxylic acids is 1. The third-order valence-electron chi connectivity index (χ3n) is 5.04. The maximum atomic E-state index is 13.4. The molecule has 0 unspecified atom stereocenters. The maximum Gasteiger partial charge on any atom is 0.254 e. The Bertz CT molecular complexity index is 1100. The SMILES string of the molecule is CN(C)c1ccc(CN(Cc2ccco2)C(=O)c2ccc3ccccc3c2)cc1. The molecule has 29 heavy (non-hydrogen) atoms. The molecule has 0 bridgehead atoms. The number of hydrogen-bond donors (Lipinski definition) is 0. The maximum absolute atomic E-state index is 13.4. The van der Waals surface area contributed by atoms with Crippen LogP contribution in [0.25, 0.3) is 10.8 Å². The number of fused-ring (bicyclic) bond motifs is 1. The minimum atomic E-state index is -0.0103. The van der Waals surface area contributed by atoms with Crippen LogP contribution in [0, 0.1) is 0 Å². The van der Waals surface area contributed by atoms with Crippen LogP contribution in [0.4, 0.5) is 5.69 Å². The Morgan fingerprint density at radius 3 is 2.28 bits per heavy atom. The highest BCUT2D eigenvalue weighted by Crippen LogP contribution is 2.20. The summed E-state index contributed by atoms with van der Waals surface area (Å²) in [5.74, 6) is 0.757. The summed E-state index contributed by atoms with van der Waals surface area (Å²) in [5.41, 5.74) is 2.89.